The Morgan fingerprint density at radius 1 is 1.14 bits per heavy atom. The Labute approximate surface area is 163 Å². The topological polar surface area (TPSA) is 81.9 Å². The molecule has 0 spiro atoms. The fraction of sp³-hybridized carbons (Fsp3) is 0.182. The predicted octanol–water partition coefficient (Wildman–Crippen LogP) is 3.99. The van der Waals surface area contributed by atoms with Gasteiger partial charge < -0.3 is 10.2 Å². The molecule has 0 atom stereocenters. The number of carbonyl (C=O) groups is 1. The van der Waals surface area contributed by atoms with Crippen molar-refractivity contribution in [2.75, 3.05) is 16.8 Å². The van der Waals surface area contributed by atoms with E-state index in [1.807, 2.05) is 12.1 Å². The molecule has 138 valence electrons. The molecule has 0 bridgehead atoms. The van der Waals surface area contributed by atoms with Crippen molar-refractivity contribution >= 4 is 23.1 Å². The molecule has 0 saturated heterocycles. The number of hydrogen-bond donors (Lipinski definition) is 1. The predicted molar refractivity (Wildman–Crippen MR) is 108 cm³/mol. The minimum atomic E-state index is -0.361. The van der Waals surface area contributed by atoms with Crippen LogP contribution in [0.5, 0.6) is 0 Å². The molecule has 1 amide bonds. The van der Waals surface area contributed by atoms with Crippen molar-refractivity contribution < 1.29 is 4.79 Å². The van der Waals surface area contributed by atoms with E-state index in [0.717, 1.165) is 25.1 Å². The van der Waals surface area contributed by atoms with Crippen LogP contribution in [-0.4, -0.2) is 22.4 Å². The molecular formula is C22H19N5O. The third kappa shape index (κ3) is 3.42. The Morgan fingerprint density at radius 2 is 1.93 bits per heavy atom. The van der Waals surface area contributed by atoms with Crippen molar-refractivity contribution in [3.8, 4) is 6.07 Å². The van der Waals surface area contributed by atoms with Crippen LogP contribution in [0.3, 0.4) is 0 Å². The number of nitrogens with zero attached hydrogens (tertiary/aromatic N) is 4. The summed E-state index contributed by atoms with van der Waals surface area (Å²) in [7, 11) is 0. The Balaban J connectivity index is 1.67. The third-order valence-electron chi connectivity index (χ3n) is 4.74. The maximum Gasteiger partial charge on any atom is 0.274 e. The highest BCUT2D eigenvalue weighted by atomic mass is 16.1. The Morgan fingerprint density at radius 3 is 2.79 bits per heavy atom. The zero-order valence-electron chi connectivity index (χ0n) is 15.5. The number of anilines is 3. The van der Waals surface area contributed by atoms with Gasteiger partial charge in [0.25, 0.3) is 5.91 Å². The van der Waals surface area contributed by atoms with Crippen LogP contribution in [0.25, 0.3) is 0 Å². The van der Waals surface area contributed by atoms with Gasteiger partial charge in [0.1, 0.15) is 23.4 Å². The fourth-order valence-electron chi connectivity index (χ4n) is 3.45. The lowest BCUT2D eigenvalue weighted by Crippen LogP contribution is -2.26. The number of benzene rings is 2. The van der Waals surface area contributed by atoms with E-state index in [9.17, 15) is 10.1 Å². The molecule has 2 aromatic carbocycles. The molecule has 0 unspecified atom stereocenters. The van der Waals surface area contributed by atoms with Crippen LogP contribution >= 0.6 is 0 Å². The molecule has 0 radical (unpaired) electrons. The second-order valence-corrected chi connectivity index (χ2v) is 6.65. The summed E-state index contributed by atoms with van der Waals surface area (Å²) in [6.45, 7) is 2.62. The van der Waals surface area contributed by atoms with Gasteiger partial charge in [0, 0.05) is 18.3 Å². The maximum atomic E-state index is 12.8. The molecule has 28 heavy (non-hydrogen) atoms. The standard InChI is InChI=1S/C22H19N5O/c1-15-24-19(22(28)26-18-10-4-2-8-17(18)14-23)13-21(25-15)27-12-6-9-16-7-3-5-11-20(16)27/h2-5,7-8,10-11,13H,6,9,12H2,1H3,(H,26,28). The number of amides is 1. The highest BCUT2D eigenvalue weighted by molar-refractivity contribution is 6.04. The van der Waals surface area contributed by atoms with Crippen LogP contribution in [0, 0.1) is 18.3 Å². The molecule has 1 N–H and O–H groups in total. The first-order valence-corrected chi connectivity index (χ1v) is 9.17. The largest absolute Gasteiger partial charge is 0.326 e. The molecule has 0 aliphatic carbocycles. The summed E-state index contributed by atoms with van der Waals surface area (Å²) in [5.74, 6) is 0.873. The molecule has 1 aromatic heterocycles. The minimum absolute atomic E-state index is 0.276. The van der Waals surface area contributed by atoms with E-state index in [1.54, 1.807) is 37.3 Å². The summed E-state index contributed by atoms with van der Waals surface area (Å²) in [4.78, 5) is 23.8. The molecule has 4 rings (SSSR count). The summed E-state index contributed by atoms with van der Waals surface area (Å²) < 4.78 is 0. The number of nitrogens with one attached hydrogen (secondary N) is 1. The number of aromatic nitrogens is 2. The van der Waals surface area contributed by atoms with E-state index in [4.69, 9.17) is 0 Å². The van der Waals surface area contributed by atoms with Crippen LogP contribution in [-0.2, 0) is 6.42 Å². The molecule has 3 aromatic rings. The van der Waals surface area contributed by atoms with Crippen molar-refractivity contribution in [3.63, 3.8) is 0 Å². The van der Waals surface area contributed by atoms with E-state index in [1.165, 1.54) is 5.56 Å². The number of rotatable bonds is 3. The number of aryl methyl sites for hydroxylation is 2. The molecule has 1 aliphatic heterocycles. The summed E-state index contributed by atoms with van der Waals surface area (Å²) >= 11 is 0. The van der Waals surface area contributed by atoms with Crippen molar-refractivity contribution in [2.24, 2.45) is 0 Å². The van der Waals surface area contributed by atoms with Gasteiger partial charge in [0.05, 0.1) is 11.3 Å². The van der Waals surface area contributed by atoms with Gasteiger partial charge in [-0.1, -0.05) is 30.3 Å². The van der Waals surface area contributed by atoms with Crippen LogP contribution < -0.4 is 10.2 Å². The highest BCUT2D eigenvalue weighted by Gasteiger charge is 2.21. The van der Waals surface area contributed by atoms with Gasteiger partial charge in [-0.05, 0) is 43.5 Å². The normalized spacial score (nSPS) is 12.8. The Bertz CT molecular complexity index is 1090. The van der Waals surface area contributed by atoms with Gasteiger partial charge in [0.2, 0.25) is 0 Å². The molecule has 0 saturated carbocycles. The van der Waals surface area contributed by atoms with E-state index >= 15 is 0 Å². The number of carbonyl (C=O) groups excluding carboxylic acids is 1. The van der Waals surface area contributed by atoms with Gasteiger partial charge >= 0.3 is 0 Å². The van der Waals surface area contributed by atoms with Crippen LogP contribution in [0.2, 0.25) is 0 Å². The smallest absolute Gasteiger partial charge is 0.274 e. The van der Waals surface area contributed by atoms with Gasteiger partial charge in [-0.3, -0.25) is 4.79 Å². The van der Waals surface area contributed by atoms with Gasteiger partial charge in [-0.15, -0.1) is 0 Å². The molecule has 0 fully saturated rings. The molecule has 6 heteroatoms. The first-order valence-electron chi connectivity index (χ1n) is 9.17. The quantitative estimate of drug-likeness (QED) is 0.755. The zero-order chi connectivity index (χ0) is 19.5. The van der Waals surface area contributed by atoms with Crippen molar-refractivity contribution in [1.82, 2.24) is 9.97 Å². The average Bonchev–Trinajstić information content (AvgIpc) is 2.73. The summed E-state index contributed by atoms with van der Waals surface area (Å²) in [6, 6.07) is 18.9. The SMILES string of the molecule is Cc1nc(C(=O)Nc2ccccc2C#N)cc(N2CCCc3ccccc32)n1. The van der Waals surface area contributed by atoms with Crippen LogP contribution in [0.15, 0.2) is 54.6 Å². The monoisotopic (exact) mass is 369 g/mol. The molecule has 1 aliphatic rings. The lowest BCUT2D eigenvalue weighted by molar-refractivity contribution is 0.102. The fourth-order valence-corrected chi connectivity index (χ4v) is 3.45. The van der Waals surface area contributed by atoms with Gasteiger partial charge in [0.15, 0.2) is 0 Å². The Kier molecular flexibility index (Phi) is 4.73. The first kappa shape index (κ1) is 17.7. The van der Waals surface area contributed by atoms with Crippen molar-refractivity contribution in [2.45, 2.75) is 19.8 Å². The first-order chi connectivity index (χ1) is 13.7. The minimum Gasteiger partial charge on any atom is -0.326 e. The van der Waals surface area contributed by atoms with Crippen LogP contribution in [0.1, 0.15) is 33.9 Å². The second-order valence-electron chi connectivity index (χ2n) is 6.65. The van der Waals surface area contributed by atoms with E-state index in [2.05, 4.69) is 38.4 Å². The van der Waals surface area contributed by atoms with E-state index in [-0.39, 0.29) is 11.6 Å². The number of nitriles is 1. The second kappa shape index (κ2) is 7.49. The van der Waals surface area contributed by atoms with E-state index < -0.39 is 0 Å². The summed E-state index contributed by atoms with van der Waals surface area (Å²) in [5, 5.41) is 12.0. The van der Waals surface area contributed by atoms with Crippen LogP contribution in [0.4, 0.5) is 17.2 Å². The van der Waals surface area contributed by atoms with Crippen molar-refractivity contribution in [1.29, 1.82) is 5.26 Å². The number of fused-ring (bicyclic) bond motifs is 1. The lowest BCUT2D eigenvalue weighted by atomic mass is 10.0. The van der Waals surface area contributed by atoms with Crippen molar-refractivity contribution in [3.05, 3.63) is 77.2 Å². The molecule has 2 heterocycles. The van der Waals surface area contributed by atoms with E-state index in [0.29, 0.717) is 22.9 Å². The highest BCUT2D eigenvalue weighted by Crippen LogP contribution is 2.32. The van der Waals surface area contributed by atoms with Gasteiger partial charge in [-0.2, -0.15) is 5.26 Å². The number of hydrogen-bond acceptors (Lipinski definition) is 5. The zero-order valence-corrected chi connectivity index (χ0v) is 15.5. The Hall–Kier alpha value is -3.72. The molecule has 6 nitrogen and oxygen atoms in total. The summed E-state index contributed by atoms with van der Waals surface area (Å²) in [6.07, 6.45) is 2.06. The number of para-hydroxylation sites is 2. The third-order valence-corrected chi connectivity index (χ3v) is 4.74. The average molecular weight is 369 g/mol. The van der Waals surface area contributed by atoms with Gasteiger partial charge in [-0.25, -0.2) is 9.97 Å². The molecular weight excluding hydrogens is 350 g/mol. The summed E-state index contributed by atoms with van der Waals surface area (Å²) in [5.41, 5.74) is 3.55. The maximum absolute atomic E-state index is 12.8. The lowest BCUT2D eigenvalue weighted by Gasteiger charge is -2.30.